The molecule has 0 bridgehead atoms. The van der Waals surface area contributed by atoms with Crippen molar-refractivity contribution in [3.63, 3.8) is 0 Å². The number of para-hydroxylation sites is 1. The van der Waals surface area contributed by atoms with Gasteiger partial charge < -0.3 is 19.7 Å². The third-order valence-corrected chi connectivity index (χ3v) is 6.32. The summed E-state index contributed by atoms with van der Waals surface area (Å²) >= 11 is 6.14. The quantitative estimate of drug-likeness (QED) is 0.217. The van der Waals surface area contributed by atoms with Crippen LogP contribution in [0.25, 0.3) is 11.3 Å². The molecule has 0 saturated carbocycles. The summed E-state index contributed by atoms with van der Waals surface area (Å²) in [6, 6.07) is 18.3. The van der Waals surface area contributed by atoms with Gasteiger partial charge >= 0.3 is 18.1 Å². The van der Waals surface area contributed by atoms with Crippen molar-refractivity contribution in [1.29, 1.82) is 0 Å². The van der Waals surface area contributed by atoms with E-state index in [9.17, 15) is 23.9 Å². The second-order valence-corrected chi connectivity index (χ2v) is 8.96. The molecule has 3 aromatic carbocycles. The van der Waals surface area contributed by atoms with E-state index in [1.165, 1.54) is 31.2 Å². The number of anilines is 2. The van der Waals surface area contributed by atoms with Crippen LogP contribution < -0.4 is 10.6 Å². The van der Waals surface area contributed by atoms with Crippen molar-refractivity contribution in [2.75, 3.05) is 10.6 Å². The first-order chi connectivity index (χ1) is 18.7. The van der Waals surface area contributed by atoms with Gasteiger partial charge in [-0.1, -0.05) is 65.3 Å². The van der Waals surface area contributed by atoms with Crippen LogP contribution in [0, 0.1) is 6.01 Å². The molecule has 11 heteroatoms. The lowest BCUT2D eigenvalue weighted by Gasteiger charge is -2.15. The minimum atomic E-state index is -1.13. The molecule has 0 spiro atoms. The second-order valence-electron chi connectivity index (χ2n) is 8.55. The Bertz CT molecular complexity index is 1520. The summed E-state index contributed by atoms with van der Waals surface area (Å²) in [6.07, 6.45) is -1.66. The number of aromatic nitrogens is 1. The minimum absolute atomic E-state index is 0.0116. The highest BCUT2D eigenvalue weighted by molar-refractivity contribution is 6.31. The molecule has 4 rings (SSSR count). The number of aliphatic carboxylic acids is 1. The molecule has 3 N–H and O–H groups in total. The fourth-order valence-electron chi connectivity index (χ4n) is 3.83. The molecule has 2 atom stereocenters. The predicted octanol–water partition coefficient (Wildman–Crippen LogP) is 6.88. The number of benzene rings is 3. The summed E-state index contributed by atoms with van der Waals surface area (Å²) in [5, 5.41) is 18.5. The second kappa shape index (κ2) is 11.8. The summed E-state index contributed by atoms with van der Waals surface area (Å²) in [5.41, 5.74) is 1.67. The van der Waals surface area contributed by atoms with Crippen LogP contribution in [0.4, 0.5) is 20.6 Å². The maximum Gasteiger partial charge on any atom is 0.412 e. The number of carbonyl (C=O) groups excluding carboxylic acids is 2. The lowest BCUT2D eigenvalue weighted by atomic mass is 9.99. The first kappa shape index (κ1) is 27.3. The highest BCUT2D eigenvalue weighted by atomic mass is 35.5. The van der Waals surface area contributed by atoms with Crippen LogP contribution in [0.15, 0.2) is 77.3 Å². The van der Waals surface area contributed by atoms with Crippen molar-refractivity contribution in [2.45, 2.75) is 25.9 Å². The number of carbonyl (C=O) groups is 3. The molecule has 0 aliphatic heterocycles. The highest BCUT2D eigenvalue weighted by Crippen LogP contribution is 2.31. The first-order valence-electron chi connectivity index (χ1n) is 11.8. The number of carboxylic acids is 1. The Morgan fingerprint density at radius 3 is 2.26 bits per heavy atom. The topological polar surface area (TPSA) is 131 Å². The third-order valence-electron chi connectivity index (χ3n) is 5.97. The van der Waals surface area contributed by atoms with Gasteiger partial charge in [-0.3, -0.25) is 14.9 Å². The van der Waals surface area contributed by atoms with Crippen molar-refractivity contribution in [2.24, 2.45) is 0 Å². The zero-order valence-electron chi connectivity index (χ0n) is 20.8. The Kier molecular flexibility index (Phi) is 8.26. The van der Waals surface area contributed by atoms with Gasteiger partial charge in [0.05, 0.1) is 5.92 Å². The number of hydrogen-bond acceptors (Lipinski definition) is 6. The predicted molar refractivity (Wildman–Crippen MR) is 142 cm³/mol. The van der Waals surface area contributed by atoms with Gasteiger partial charge in [0.1, 0.15) is 17.5 Å². The van der Waals surface area contributed by atoms with E-state index in [1.54, 1.807) is 55.5 Å². The van der Waals surface area contributed by atoms with Gasteiger partial charge in [-0.05, 0) is 43.7 Å². The number of nitrogens with one attached hydrogen (secondary N) is 2. The summed E-state index contributed by atoms with van der Waals surface area (Å²) < 4.78 is 24.3. The summed E-state index contributed by atoms with van der Waals surface area (Å²) in [5.74, 6) is -2.32. The van der Waals surface area contributed by atoms with E-state index in [0.717, 1.165) is 0 Å². The Balaban J connectivity index is 1.47. The Morgan fingerprint density at radius 1 is 0.949 bits per heavy atom. The number of hydrogen-bond donors (Lipinski definition) is 3. The molecule has 0 aliphatic carbocycles. The van der Waals surface area contributed by atoms with Crippen molar-refractivity contribution in [1.82, 2.24) is 5.16 Å². The van der Waals surface area contributed by atoms with Crippen molar-refractivity contribution >= 4 is 40.9 Å². The van der Waals surface area contributed by atoms with Crippen LogP contribution in [-0.4, -0.2) is 28.2 Å². The van der Waals surface area contributed by atoms with Crippen molar-refractivity contribution in [3.8, 4) is 11.3 Å². The van der Waals surface area contributed by atoms with E-state index in [4.69, 9.17) is 16.3 Å². The lowest BCUT2D eigenvalue weighted by molar-refractivity contribution is -0.138. The number of amides is 2. The minimum Gasteiger partial charge on any atom is -0.481 e. The van der Waals surface area contributed by atoms with Gasteiger partial charge in [-0.25, -0.2) is 4.79 Å². The van der Waals surface area contributed by atoms with E-state index in [0.29, 0.717) is 27.4 Å². The molecule has 39 heavy (non-hydrogen) atoms. The average molecular weight is 552 g/mol. The van der Waals surface area contributed by atoms with E-state index < -0.39 is 36.0 Å². The van der Waals surface area contributed by atoms with Crippen LogP contribution in [0.1, 0.15) is 47.4 Å². The van der Waals surface area contributed by atoms with Crippen LogP contribution in [0.3, 0.4) is 0 Å². The Morgan fingerprint density at radius 2 is 1.59 bits per heavy atom. The molecule has 1 aromatic heterocycles. The van der Waals surface area contributed by atoms with Crippen molar-refractivity contribution < 1.29 is 33.1 Å². The smallest absolute Gasteiger partial charge is 0.412 e. The standard InChI is InChI=1S/C28H23ClFN3O6/c1-15(27(35)36)19-7-4-6-10-22(19)31-26(34)18-13-11-17(12-14-18)23-24(25(30)39-33-23)32-28(37)38-16(2)20-8-3-5-9-21(20)29/h3-16H,1-2H3,(H,31,34)(H,32,37)(H,35,36). The maximum atomic E-state index is 14.4. The van der Waals surface area contributed by atoms with Gasteiger partial charge in [0, 0.05) is 27.4 Å². The number of ether oxygens (including phenoxy) is 1. The summed E-state index contributed by atoms with van der Waals surface area (Å²) in [7, 11) is 0. The molecular weight excluding hydrogens is 529 g/mol. The van der Waals surface area contributed by atoms with Gasteiger partial charge in [0.15, 0.2) is 0 Å². The molecular formula is C28H23ClFN3O6. The molecule has 9 nitrogen and oxygen atoms in total. The van der Waals surface area contributed by atoms with E-state index in [1.807, 2.05) is 0 Å². The number of halogens is 2. The molecule has 0 aliphatic rings. The summed E-state index contributed by atoms with van der Waals surface area (Å²) in [6.45, 7) is 3.15. The maximum absolute atomic E-state index is 14.4. The fourth-order valence-corrected chi connectivity index (χ4v) is 4.12. The third kappa shape index (κ3) is 6.24. The molecule has 0 saturated heterocycles. The zero-order valence-corrected chi connectivity index (χ0v) is 21.5. The fraction of sp³-hybridized carbons (Fsp3) is 0.143. The molecule has 4 aromatic rings. The van der Waals surface area contributed by atoms with Crippen molar-refractivity contribution in [3.05, 3.63) is 101 Å². The first-order valence-corrected chi connectivity index (χ1v) is 12.1. The van der Waals surface area contributed by atoms with Gasteiger partial charge in [-0.15, -0.1) is 0 Å². The number of nitrogens with zero attached hydrogens (tertiary/aromatic N) is 1. The van der Waals surface area contributed by atoms with Crippen LogP contribution >= 0.6 is 11.6 Å². The molecule has 0 radical (unpaired) electrons. The normalized spacial score (nSPS) is 12.3. The van der Waals surface area contributed by atoms with Crippen LogP contribution in [0.2, 0.25) is 5.02 Å². The molecule has 1 heterocycles. The van der Waals surface area contributed by atoms with Gasteiger partial charge in [0.25, 0.3) is 5.91 Å². The SMILES string of the molecule is CC(OC(=O)Nc1c(-c2ccc(C(=O)Nc3ccccc3C(C)C(=O)O)cc2)noc1F)c1ccccc1Cl. The van der Waals surface area contributed by atoms with Crippen LogP contribution in [0.5, 0.6) is 0 Å². The van der Waals surface area contributed by atoms with Gasteiger partial charge in [0.2, 0.25) is 0 Å². The zero-order chi connectivity index (χ0) is 28.1. The average Bonchev–Trinajstić information content (AvgIpc) is 3.28. The van der Waals surface area contributed by atoms with Crippen LogP contribution in [-0.2, 0) is 9.53 Å². The Labute approximate surface area is 227 Å². The molecule has 2 amide bonds. The monoisotopic (exact) mass is 551 g/mol. The van der Waals surface area contributed by atoms with Gasteiger partial charge in [-0.2, -0.15) is 4.39 Å². The largest absolute Gasteiger partial charge is 0.481 e. The van der Waals surface area contributed by atoms with E-state index in [-0.39, 0.29) is 16.9 Å². The number of carboxylic acid groups (broad SMARTS) is 1. The molecule has 200 valence electrons. The molecule has 2 unspecified atom stereocenters. The van der Waals surface area contributed by atoms with E-state index in [2.05, 4.69) is 20.3 Å². The molecule has 0 fully saturated rings. The number of rotatable bonds is 8. The highest BCUT2D eigenvalue weighted by Gasteiger charge is 2.23. The summed E-state index contributed by atoms with van der Waals surface area (Å²) in [4.78, 5) is 36.7. The Hall–Kier alpha value is -4.70. The van der Waals surface area contributed by atoms with E-state index >= 15 is 0 Å². The lowest BCUT2D eigenvalue weighted by Crippen LogP contribution is -2.17.